The first-order valence-electron chi connectivity index (χ1n) is 8.10. The summed E-state index contributed by atoms with van der Waals surface area (Å²) in [7, 11) is 0. The zero-order valence-electron chi connectivity index (χ0n) is 14.3. The Balaban J connectivity index is 0.00000441. The Bertz CT molecular complexity index is 289. The molecule has 0 bridgehead atoms. The second kappa shape index (κ2) is 14.8. The highest BCUT2D eigenvalue weighted by Crippen LogP contribution is 2.03. The molecular formula is C15H33IN4OS. The monoisotopic (exact) mass is 444 g/mol. The molecule has 22 heavy (non-hydrogen) atoms. The van der Waals surface area contributed by atoms with Crippen molar-refractivity contribution in [3.63, 3.8) is 0 Å². The first kappa shape index (κ1) is 22.3. The van der Waals surface area contributed by atoms with Gasteiger partial charge in [-0.15, -0.1) is 24.0 Å². The molecule has 1 saturated heterocycles. The maximum atomic E-state index is 5.40. The number of ether oxygens (including phenoxy) is 1. The number of guanidine groups is 1. The van der Waals surface area contributed by atoms with Crippen LogP contribution in [0.15, 0.2) is 4.99 Å². The quantitative estimate of drug-likeness (QED) is 0.247. The van der Waals surface area contributed by atoms with E-state index in [1.807, 2.05) is 11.8 Å². The molecule has 0 spiro atoms. The van der Waals surface area contributed by atoms with Crippen LogP contribution < -0.4 is 10.6 Å². The normalized spacial score (nSPS) is 17.7. The highest BCUT2D eigenvalue weighted by molar-refractivity contribution is 14.0. The van der Waals surface area contributed by atoms with Gasteiger partial charge < -0.3 is 15.4 Å². The molecule has 0 aromatic rings. The smallest absolute Gasteiger partial charge is 0.191 e. The van der Waals surface area contributed by atoms with Gasteiger partial charge in [0.1, 0.15) is 0 Å². The van der Waals surface area contributed by atoms with Crippen LogP contribution in [0.25, 0.3) is 0 Å². The van der Waals surface area contributed by atoms with Crippen LogP contribution in [0, 0.1) is 0 Å². The fourth-order valence-electron chi connectivity index (χ4n) is 2.28. The summed E-state index contributed by atoms with van der Waals surface area (Å²) in [5.41, 5.74) is 0. The summed E-state index contributed by atoms with van der Waals surface area (Å²) in [6.45, 7) is 10.8. The molecule has 5 nitrogen and oxygen atoms in total. The summed E-state index contributed by atoms with van der Waals surface area (Å²) in [5, 5.41) is 6.75. The average molecular weight is 444 g/mol. The van der Waals surface area contributed by atoms with Gasteiger partial charge in [-0.25, -0.2) is 0 Å². The Morgan fingerprint density at radius 3 is 2.64 bits per heavy atom. The van der Waals surface area contributed by atoms with E-state index in [1.54, 1.807) is 0 Å². The van der Waals surface area contributed by atoms with E-state index in [1.165, 1.54) is 18.6 Å². The number of unbranched alkanes of at least 4 members (excludes halogenated alkanes) is 1. The number of hydrogen-bond acceptors (Lipinski definition) is 4. The van der Waals surface area contributed by atoms with E-state index in [4.69, 9.17) is 9.73 Å². The van der Waals surface area contributed by atoms with Crippen LogP contribution in [0.4, 0.5) is 0 Å². The third-order valence-electron chi connectivity index (χ3n) is 3.59. The van der Waals surface area contributed by atoms with E-state index in [0.29, 0.717) is 6.04 Å². The lowest BCUT2D eigenvalue weighted by Crippen LogP contribution is -2.44. The average Bonchev–Trinajstić information content (AvgIpc) is 2.52. The van der Waals surface area contributed by atoms with Crippen molar-refractivity contribution in [2.75, 3.05) is 57.9 Å². The largest absolute Gasteiger partial charge is 0.379 e. The lowest BCUT2D eigenvalue weighted by molar-refractivity contribution is 0.0220. The van der Waals surface area contributed by atoms with Crippen LogP contribution in [-0.2, 0) is 4.74 Å². The van der Waals surface area contributed by atoms with Gasteiger partial charge in [0.05, 0.1) is 19.8 Å². The molecule has 1 aliphatic heterocycles. The number of aliphatic imine (C=N–C) groups is 1. The summed E-state index contributed by atoms with van der Waals surface area (Å²) in [6, 6.07) is 0.473. The number of hydrogen-bond donors (Lipinski definition) is 2. The molecule has 0 saturated carbocycles. The lowest BCUT2D eigenvalue weighted by Gasteiger charge is -2.31. The minimum Gasteiger partial charge on any atom is -0.379 e. The van der Waals surface area contributed by atoms with Crippen LogP contribution >= 0.6 is 35.7 Å². The van der Waals surface area contributed by atoms with Crippen LogP contribution in [0.2, 0.25) is 0 Å². The van der Waals surface area contributed by atoms with Crippen molar-refractivity contribution in [1.82, 2.24) is 15.5 Å². The topological polar surface area (TPSA) is 48.9 Å². The molecule has 2 N–H and O–H groups in total. The molecule has 1 fully saturated rings. The lowest BCUT2D eigenvalue weighted by atomic mass is 10.2. The van der Waals surface area contributed by atoms with Crippen molar-refractivity contribution >= 4 is 41.7 Å². The maximum Gasteiger partial charge on any atom is 0.191 e. The number of halogens is 1. The predicted molar refractivity (Wildman–Crippen MR) is 109 cm³/mol. The Kier molecular flexibility index (Phi) is 15.0. The van der Waals surface area contributed by atoms with Crippen molar-refractivity contribution in [3.8, 4) is 0 Å². The van der Waals surface area contributed by atoms with Crippen LogP contribution in [-0.4, -0.2) is 74.8 Å². The van der Waals surface area contributed by atoms with E-state index in [-0.39, 0.29) is 24.0 Å². The first-order chi connectivity index (χ1) is 10.3. The number of thioether (sulfide) groups is 1. The zero-order chi connectivity index (χ0) is 15.3. The zero-order valence-corrected chi connectivity index (χ0v) is 17.4. The second-order valence-electron chi connectivity index (χ2n) is 5.34. The van der Waals surface area contributed by atoms with Gasteiger partial charge >= 0.3 is 0 Å². The predicted octanol–water partition coefficient (Wildman–Crippen LogP) is 2.02. The fourth-order valence-corrected chi connectivity index (χ4v) is 2.77. The van der Waals surface area contributed by atoms with Crippen molar-refractivity contribution in [2.45, 2.75) is 32.7 Å². The van der Waals surface area contributed by atoms with Gasteiger partial charge in [-0.1, -0.05) is 0 Å². The van der Waals surface area contributed by atoms with Gasteiger partial charge in [0, 0.05) is 32.2 Å². The molecule has 1 atom stereocenters. The van der Waals surface area contributed by atoms with Crippen molar-refractivity contribution < 1.29 is 4.74 Å². The molecule has 0 aromatic carbocycles. The third-order valence-corrected chi connectivity index (χ3v) is 4.29. The van der Waals surface area contributed by atoms with E-state index < -0.39 is 0 Å². The molecule has 0 radical (unpaired) electrons. The van der Waals surface area contributed by atoms with Crippen LogP contribution in [0.5, 0.6) is 0 Å². The van der Waals surface area contributed by atoms with E-state index >= 15 is 0 Å². The Hall–Kier alpha value is 0.270. The van der Waals surface area contributed by atoms with E-state index in [0.717, 1.165) is 51.9 Å². The third kappa shape index (κ3) is 10.1. The van der Waals surface area contributed by atoms with Gasteiger partial charge in [-0.3, -0.25) is 9.89 Å². The molecular weight excluding hydrogens is 411 g/mol. The summed E-state index contributed by atoms with van der Waals surface area (Å²) in [6.07, 6.45) is 4.62. The van der Waals surface area contributed by atoms with Crippen molar-refractivity contribution in [3.05, 3.63) is 0 Å². The minimum absolute atomic E-state index is 0. The molecule has 0 aromatic heterocycles. The van der Waals surface area contributed by atoms with Gasteiger partial charge in [0.2, 0.25) is 0 Å². The van der Waals surface area contributed by atoms with Gasteiger partial charge in [-0.05, 0) is 38.7 Å². The molecule has 7 heteroatoms. The first-order valence-corrected chi connectivity index (χ1v) is 9.50. The van der Waals surface area contributed by atoms with Crippen LogP contribution in [0.3, 0.4) is 0 Å². The van der Waals surface area contributed by atoms with E-state index in [2.05, 4.69) is 35.6 Å². The maximum absolute atomic E-state index is 5.40. The second-order valence-corrected chi connectivity index (χ2v) is 6.33. The standard InChI is InChI=1S/C15H32N4OS.HI/c1-4-16-15(17-7-5-6-12-21-3)18-13-14(2)19-8-10-20-11-9-19;/h14H,4-13H2,1-3H3,(H2,16,17,18);1H. The highest BCUT2D eigenvalue weighted by Gasteiger charge is 2.16. The van der Waals surface area contributed by atoms with Gasteiger partial charge in [0.15, 0.2) is 5.96 Å². The fraction of sp³-hybridized carbons (Fsp3) is 0.933. The number of nitrogens with one attached hydrogen (secondary N) is 2. The molecule has 0 amide bonds. The minimum atomic E-state index is 0. The molecule has 0 aliphatic carbocycles. The Labute approximate surface area is 157 Å². The Morgan fingerprint density at radius 1 is 1.27 bits per heavy atom. The van der Waals surface area contributed by atoms with Gasteiger partial charge in [-0.2, -0.15) is 11.8 Å². The van der Waals surface area contributed by atoms with Gasteiger partial charge in [0.25, 0.3) is 0 Å². The summed E-state index contributed by atoms with van der Waals surface area (Å²) < 4.78 is 5.40. The SMILES string of the molecule is CCNC(=NCC(C)N1CCOCC1)NCCCCSC.I. The molecule has 132 valence electrons. The number of rotatable bonds is 9. The number of nitrogens with zero attached hydrogens (tertiary/aromatic N) is 2. The highest BCUT2D eigenvalue weighted by atomic mass is 127. The van der Waals surface area contributed by atoms with E-state index in [9.17, 15) is 0 Å². The molecule has 1 heterocycles. The van der Waals surface area contributed by atoms with Crippen molar-refractivity contribution in [2.24, 2.45) is 4.99 Å². The van der Waals surface area contributed by atoms with Crippen molar-refractivity contribution in [1.29, 1.82) is 0 Å². The Morgan fingerprint density at radius 2 is 2.00 bits per heavy atom. The molecule has 1 rings (SSSR count). The summed E-state index contributed by atoms with van der Waals surface area (Å²) in [4.78, 5) is 7.17. The number of morpholine rings is 1. The molecule has 1 aliphatic rings. The summed E-state index contributed by atoms with van der Waals surface area (Å²) >= 11 is 1.91. The van der Waals surface area contributed by atoms with Crippen LogP contribution in [0.1, 0.15) is 26.7 Å². The summed E-state index contributed by atoms with van der Waals surface area (Å²) in [5.74, 6) is 2.19. The molecule has 1 unspecified atom stereocenters.